The highest BCUT2D eigenvalue weighted by Crippen LogP contribution is 2.15. The van der Waals surface area contributed by atoms with E-state index in [4.69, 9.17) is 0 Å². The number of benzene rings is 1. The Morgan fingerprint density at radius 1 is 1.04 bits per heavy atom. The van der Waals surface area contributed by atoms with Crippen molar-refractivity contribution in [3.05, 3.63) is 39.9 Å². The summed E-state index contributed by atoms with van der Waals surface area (Å²) in [6.45, 7) is -0.0928. The summed E-state index contributed by atoms with van der Waals surface area (Å²) < 4.78 is 28.5. The van der Waals surface area contributed by atoms with Crippen LogP contribution in [-0.4, -0.2) is 71.6 Å². The molecule has 11 nitrogen and oxygen atoms in total. The Bertz CT molecular complexity index is 662. The van der Waals surface area contributed by atoms with Crippen LogP contribution in [0.1, 0.15) is 5.56 Å². The van der Waals surface area contributed by atoms with E-state index < -0.39 is 52.8 Å². The second-order valence-electron chi connectivity index (χ2n) is 5.19. The monoisotopic (exact) mass is 381 g/mol. The van der Waals surface area contributed by atoms with E-state index in [9.17, 15) is 39.0 Å². The molecule has 0 aliphatic rings. The lowest BCUT2D eigenvalue weighted by atomic mass is 10.0. The minimum atomic E-state index is -4.20. The van der Waals surface area contributed by atoms with Gasteiger partial charge in [-0.05, 0) is 19.1 Å². The Hall–Kier alpha value is -1.83. The van der Waals surface area contributed by atoms with E-state index in [0.717, 1.165) is 5.56 Å². The maximum Gasteiger partial charge on any atom is 0.297 e. The van der Waals surface area contributed by atoms with Crippen LogP contribution >= 0.6 is 0 Å². The van der Waals surface area contributed by atoms with Gasteiger partial charge in [-0.1, -0.05) is 17.7 Å². The highest BCUT2D eigenvalue weighted by molar-refractivity contribution is 7.86. The van der Waals surface area contributed by atoms with Gasteiger partial charge in [0.05, 0.1) is 11.5 Å². The second-order valence-corrected chi connectivity index (χ2v) is 6.80. The first-order chi connectivity index (χ1) is 11.5. The molecular formula is C13H19NO10S. The van der Waals surface area contributed by atoms with Crippen molar-refractivity contribution in [3.63, 3.8) is 0 Å². The van der Waals surface area contributed by atoms with Crippen LogP contribution in [-0.2, 0) is 19.1 Å². The van der Waals surface area contributed by atoms with Gasteiger partial charge in [0.15, 0.2) is 0 Å². The van der Waals surface area contributed by atoms with E-state index >= 15 is 0 Å². The first-order valence-electron chi connectivity index (χ1n) is 7.00. The van der Waals surface area contributed by atoms with Gasteiger partial charge < -0.3 is 25.3 Å². The zero-order chi connectivity index (χ0) is 19.2. The summed E-state index contributed by atoms with van der Waals surface area (Å²) in [5, 5.41) is 47.1. The Morgan fingerprint density at radius 2 is 1.52 bits per heavy atom. The lowest BCUT2D eigenvalue weighted by Gasteiger charge is -2.25. The fraction of sp³-hybridized carbons (Fsp3) is 0.538. The highest BCUT2D eigenvalue weighted by Gasteiger charge is 2.32. The molecule has 1 aromatic rings. The molecule has 1 aromatic carbocycles. The van der Waals surface area contributed by atoms with Gasteiger partial charge in [-0.25, -0.2) is 0 Å². The number of rotatable bonds is 10. The molecular weight excluding hydrogens is 362 g/mol. The van der Waals surface area contributed by atoms with E-state index in [1.165, 1.54) is 24.3 Å². The lowest BCUT2D eigenvalue weighted by Crippen LogP contribution is -2.48. The van der Waals surface area contributed by atoms with E-state index in [1.54, 1.807) is 6.92 Å². The predicted octanol–water partition coefficient (Wildman–Crippen LogP) is -1.65. The largest absolute Gasteiger partial charge is 0.388 e. The Balaban J connectivity index is 2.60. The zero-order valence-corrected chi connectivity index (χ0v) is 13.9. The predicted molar refractivity (Wildman–Crippen MR) is 81.3 cm³/mol. The molecule has 0 heterocycles. The molecule has 0 saturated carbocycles. The summed E-state index contributed by atoms with van der Waals surface area (Å²) in [6, 6.07) is 5.66. The summed E-state index contributed by atoms with van der Waals surface area (Å²) in [4.78, 5) is 13.7. The quantitative estimate of drug-likeness (QED) is 0.209. The van der Waals surface area contributed by atoms with Crippen LogP contribution in [0.15, 0.2) is 29.2 Å². The minimum absolute atomic E-state index is 0.167. The fourth-order valence-corrected chi connectivity index (χ4v) is 2.65. The first kappa shape index (κ1) is 21.2. The normalized spacial score (nSPS) is 16.7. The summed E-state index contributed by atoms with van der Waals surface area (Å²) in [5.74, 6) is 0. The van der Waals surface area contributed by atoms with Gasteiger partial charge in [-0.3, -0.25) is 4.18 Å². The standard InChI is InChI=1S/C13H19NO10S/c1-8-2-4-9(5-3-8)25(21,22)24-7-11(16)13(18)12(17)10(15)6-23-14(19)20/h2-5,10-13,15-18H,6-7H2,1H3/t10-,11+,12-,13-/m1/s1. The molecule has 25 heavy (non-hydrogen) atoms. The second kappa shape index (κ2) is 9.03. The van der Waals surface area contributed by atoms with Crippen molar-refractivity contribution >= 4 is 10.1 Å². The zero-order valence-electron chi connectivity index (χ0n) is 13.1. The fourth-order valence-electron chi connectivity index (χ4n) is 1.72. The number of hydrogen-bond acceptors (Lipinski definition) is 10. The van der Waals surface area contributed by atoms with E-state index in [2.05, 4.69) is 9.02 Å². The molecule has 1 rings (SSSR count). The molecule has 0 spiro atoms. The van der Waals surface area contributed by atoms with Crippen LogP contribution in [0.5, 0.6) is 0 Å². The van der Waals surface area contributed by atoms with Crippen molar-refractivity contribution in [2.45, 2.75) is 36.2 Å². The highest BCUT2D eigenvalue weighted by atomic mass is 32.2. The number of aryl methyl sites for hydroxylation is 1. The smallest absolute Gasteiger partial charge is 0.297 e. The average Bonchev–Trinajstić information content (AvgIpc) is 2.56. The van der Waals surface area contributed by atoms with Crippen molar-refractivity contribution in [1.82, 2.24) is 0 Å². The van der Waals surface area contributed by atoms with Gasteiger partial charge in [-0.2, -0.15) is 8.42 Å². The molecule has 0 unspecified atom stereocenters. The molecule has 0 aliphatic carbocycles. The molecule has 0 bridgehead atoms. The number of nitrogens with zero attached hydrogens (tertiary/aromatic N) is 1. The number of aliphatic hydroxyl groups is 4. The van der Waals surface area contributed by atoms with Crippen LogP contribution in [0, 0.1) is 17.0 Å². The number of hydrogen-bond donors (Lipinski definition) is 4. The molecule has 4 atom stereocenters. The van der Waals surface area contributed by atoms with Crippen LogP contribution in [0.4, 0.5) is 0 Å². The Kier molecular flexibility index (Phi) is 7.66. The van der Waals surface area contributed by atoms with Gasteiger partial charge in [0.25, 0.3) is 15.2 Å². The van der Waals surface area contributed by atoms with Crippen molar-refractivity contribution in [2.75, 3.05) is 13.2 Å². The molecule has 142 valence electrons. The number of aliphatic hydroxyl groups excluding tert-OH is 4. The van der Waals surface area contributed by atoms with Crippen molar-refractivity contribution in [3.8, 4) is 0 Å². The summed E-state index contributed by atoms with van der Waals surface area (Å²) in [5.41, 5.74) is 0.823. The topological polar surface area (TPSA) is 177 Å². The van der Waals surface area contributed by atoms with Gasteiger partial charge in [-0.15, -0.1) is 10.1 Å². The van der Waals surface area contributed by atoms with Gasteiger partial charge in [0, 0.05) is 0 Å². The minimum Gasteiger partial charge on any atom is -0.388 e. The van der Waals surface area contributed by atoms with Crippen LogP contribution < -0.4 is 0 Å². The van der Waals surface area contributed by atoms with Crippen LogP contribution in [0.2, 0.25) is 0 Å². The van der Waals surface area contributed by atoms with Gasteiger partial charge >= 0.3 is 0 Å². The Morgan fingerprint density at radius 3 is 2.00 bits per heavy atom. The summed E-state index contributed by atoms with van der Waals surface area (Å²) in [7, 11) is -4.20. The van der Waals surface area contributed by atoms with Crippen LogP contribution in [0.3, 0.4) is 0 Å². The van der Waals surface area contributed by atoms with Crippen LogP contribution in [0.25, 0.3) is 0 Å². The van der Waals surface area contributed by atoms with Crippen molar-refractivity contribution in [2.24, 2.45) is 0 Å². The van der Waals surface area contributed by atoms with E-state index in [0.29, 0.717) is 0 Å². The van der Waals surface area contributed by atoms with Crippen molar-refractivity contribution in [1.29, 1.82) is 0 Å². The third-order valence-electron chi connectivity index (χ3n) is 3.19. The van der Waals surface area contributed by atoms with Crippen molar-refractivity contribution < 1.29 is 43.0 Å². The lowest BCUT2D eigenvalue weighted by molar-refractivity contribution is -0.759. The molecule has 0 radical (unpaired) electrons. The molecule has 0 saturated heterocycles. The SMILES string of the molecule is Cc1ccc(S(=O)(=O)OC[C@H](O)[C@@H](O)[C@H](O)[C@H](O)CO[N+](=O)[O-])cc1. The maximum atomic E-state index is 11.9. The van der Waals surface area contributed by atoms with Gasteiger partial charge in [0.2, 0.25) is 0 Å². The summed E-state index contributed by atoms with van der Waals surface area (Å²) >= 11 is 0. The maximum absolute atomic E-state index is 11.9. The molecule has 0 aromatic heterocycles. The third-order valence-corrected chi connectivity index (χ3v) is 4.49. The first-order valence-corrected chi connectivity index (χ1v) is 8.41. The van der Waals surface area contributed by atoms with Gasteiger partial charge in [0.1, 0.15) is 31.0 Å². The molecule has 4 N–H and O–H groups in total. The third kappa shape index (κ3) is 6.53. The average molecular weight is 381 g/mol. The molecule has 0 aliphatic heterocycles. The summed E-state index contributed by atoms with van der Waals surface area (Å²) in [6.07, 6.45) is -7.83. The van der Waals surface area contributed by atoms with E-state index in [1.807, 2.05) is 0 Å². The Labute approximate surface area is 143 Å². The molecule has 12 heteroatoms. The molecule has 0 amide bonds. The van der Waals surface area contributed by atoms with E-state index in [-0.39, 0.29) is 4.90 Å². The molecule has 0 fully saturated rings.